The topological polar surface area (TPSA) is 129 Å². The number of benzene rings is 1. The molecule has 0 atom stereocenters. The first-order valence-corrected chi connectivity index (χ1v) is 16.5. The molecule has 0 fully saturated rings. The zero-order valence-corrected chi connectivity index (χ0v) is 27.7. The predicted octanol–water partition coefficient (Wildman–Crippen LogP) is 7.49. The van der Waals surface area contributed by atoms with Gasteiger partial charge in [-0.05, 0) is 85.1 Å². The summed E-state index contributed by atoms with van der Waals surface area (Å²) in [5, 5.41) is 2.97. The van der Waals surface area contributed by atoms with Crippen LogP contribution < -0.4 is 10.1 Å². The quantitative estimate of drug-likeness (QED) is 0.0930. The van der Waals surface area contributed by atoms with Crippen LogP contribution in [0.2, 0.25) is 0 Å². The van der Waals surface area contributed by atoms with Gasteiger partial charge in [-0.3, -0.25) is 24.7 Å². The number of carbonyl (C=O) groups is 2. The average Bonchev–Trinajstić information content (AvgIpc) is 3.19. The number of hydrogen-bond donors (Lipinski definition) is 1. The maximum atomic E-state index is 12.9. The number of para-hydroxylation sites is 1. The fourth-order valence-corrected chi connectivity index (χ4v) is 5.42. The summed E-state index contributed by atoms with van der Waals surface area (Å²) in [6.07, 6.45) is 10.1. The summed E-state index contributed by atoms with van der Waals surface area (Å²) >= 11 is 0. The van der Waals surface area contributed by atoms with Gasteiger partial charge in [0, 0.05) is 36.9 Å². The number of esters is 1. The number of nitrogens with one attached hydrogen (secondary N) is 1. The number of pyridine rings is 5. The fourth-order valence-electron chi connectivity index (χ4n) is 5.42. The molecule has 250 valence electrons. The van der Waals surface area contributed by atoms with Gasteiger partial charge < -0.3 is 14.8 Å². The van der Waals surface area contributed by atoms with E-state index in [0.29, 0.717) is 52.8 Å². The molecule has 0 saturated heterocycles. The van der Waals surface area contributed by atoms with Crippen LogP contribution >= 0.6 is 0 Å². The zero-order valence-electron chi connectivity index (χ0n) is 27.7. The van der Waals surface area contributed by atoms with Crippen LogP contribution in [0.4, 0.5) is 0 Å². The van der Waals surface area contributed by atoms with Gasteiger partial charge in [-0.2, -0.15) is 0 Å². The van der Waals surface area contributed by atoms with Crippen LogP contribution in [0.3, 0.4) is 0 Å². The van der Waals surface area contributed by atoms with E-state index >= 15 is 0 Å². The second-order valence-electron chi connectivity index (χ2n) is 11.4. The molecule has 5 heterocycles. The highest BCUT2D eigenvalue weighted by Crippen LogP contribution is 2.37. The molecule has 1 N–H and O–H groups in total. The SMILES string of the molecule is COC(=O)c1cccc(-c2cc(-c3ccccn3)nc(-c3ccccn3)c2)c1OCCCCCCNC(=O)c1ccc(-c2ccccn2)nc1. The van der Waals surface area contributed by atoms with E-state index in [1.807, 2.05) is 78.9 Å². The van der Waals surface area contributed by atoms with Gasteiger partial charge in [0.25, 0.3) is 5.91 Å². The summed E-state index contributed by atoms with van der Waals surface area (Å²) < 4.78 is 11.5. The maximum absolute atomic E-state index is 12.9. The zero-order chi connectivity index (χ0) is 34.5. The van der Waals surface area contributed by atoms with E-state index < -0.39 is 5.97 Å². The minimum absolute atomic E-state index is 0.158. The number of nitrogens with zero attached hydrogens (tertiary/aromatic N) is 5. The second kappa shape index (κ2) is 16.7. The maximum Gasteiger partial charge on any atom is 0.341 e. The molecule has 5 aromatic heterocycles. The molecule has 0 aliphatic rings. The van der Waals surface area contributed by atoms with Crippen molar-refractivity contribution < 1.29 is 19.1 Å². The fraction of sp³-hybridized carbons (Fsp3) is 0.175. The van der Waals surface area contributed by atoms with E-state index in [1.165, 1.54) is 7.11 Å². The van der Waals surface area contributed by atoms with Crippen molar-refractivity contribution in [2.75, 3.05) is 20.3 Å². The Bertz CT molecular complexity index is 1970. The van der Waals surface area contributed by atoms with Crippen LogP contribution in [0.1, 0.15) is 46.4 Å². The lowest BCUT2D eigenvalue weighted by Gasteiger charge is -2.16. The molecule has 0 saturated carbocycles. The molecular weight excluding hydrogens is 628 g/mol. The normalized spacial score (nSPS) is 10.7. The molecule has 0 bridgehead atoms. The van der Waals surface area contributed by atoms with Gasteiger partial charge in [0.15, 0.2) is 0 Å². The van der Waals surface area contributed by atoms with Crippen LogP contribution in [-0.2, 0) is 4.74 Å². The molecule has 0 aliphatic heterocycles. The second-order valence-corrected chi connectivity index (χ2v) is 11.4. The molecule has 1 aromatic carbocycles. The van der Waals surface area contributed by atoms with E-state index in [0.717, 1.165) is 48.2 Å². The Balaban J connectivity index is 1.09. The Labute approximate surface area is 290 Å². The van der Waals surface area contributed by atoms with Crippen molar-refractivity contribution in [2.24, 2.45) is 0 Å². The third-order valence-corrected chi connectivity index (χ3v) is 7.97. The molecular formula is C40H36N6O4. The molecule has 10 nitrogen and oxygen atoms in total. The van der Waals surface area contributed by atoms with Crippen LogP contribution in [0.5, 0.6) is 5.75 Å². The Morgan fingerprint density at radius 2 is 1.26 bits per heavy atom. The summed E-state index contributed by atoms with van der Waals surface area (Å²) in [5.74, 6) is -0.198. The average molecular weight is 665 g/mol. The van der Waals surface area contributed by atoms with Crippen LogP contribution in [-0.4, -0.2) is 57.1 Å². The number of methoxy groups -OCH3 is 1. The van der Waals surface area contributed by atoms with Gasteiger partial charge in [-0.15, -0.1) is 0 Å². The van der Waals surface area contributed by atoms with E-state index in [-0.39, 0.29) is 5.91 Å². The van der Waals surface area contributed by atoms with Gasteiger partial charge in [0.2, 0.25) is 0 Å². The van der Waals surface area contributed by atoms with Crippen molar-refractivity contribution in [3.8, 4) is 51.0 Å². The van der Waals surface area contributed by atoms with Gasteiger partial charge in [0.1, 0.15) is 11.3 Å². The molecule has 0 radical (unpaired) electrons. The highest BCUT2D eigenvalue weighted by molar-refractivity contribution is 5.96. The lowest BCUT2D eigenvalue weighted by atomic mass is 9.99. The molecule has 0 spiro atoms. The Morgan fingerprint density at radius 3 is 1.84 bits per heavy atom. The molecule has 1 amide bonds. The van der Waals surface area contributed by atoms with E-state index in [9.17, 15) is 9.59 Å². The first-order valence-electron chi connectivity index (χ1n) is 16.5. The number of hydrogen-bond acceptors (Lipinski definition) is 9. The number of rotatable bonds is 14. The van der Waals surface area contributed by atoms with Crippen molar-refractivity contribution >= 4 is 11.9 Å². The first-order chi connectivity index (χ1) is 24.6. The molecule has 6 rings (SSSR count). The number of amides is 1. The minimum atomic E-state index is -0.483. The Kier molecular flexibility index (Phi) is 11.2. The van der Waals surface area contributed by atoms with Crippen LogP contribution in [0.15, 0.2) is 122 Å². The first kappa shape index (κ1) is 33.6. The lowest BCUT2D eigenvalue weighted by Crippen LogP contribution is -2.24. The molecule has 6 aromatic rings. The number of unbranched alkanes of at least 4 members (excludes halogenated alkanes) is 3. The Morgan fingerprint density at radius 1 is 0.640 bits per heavy atom. The third-order valence-electron chi connectivity index (χ3n) is 7.97. The molecule has 10 heteroatoms. The van der Waals surface area contributed by atoms with Crippen molar-refractivity contribution in [2.45, 2.75) is 25.7 Å². The van der Waals surface area contributed by atoms with Crippen molar-refractivity contribution in [1.82, 2.24) is 30.2 Å². The van der Waals surface area contributed by atoms with Gasteiger partial charge in [-0.25, -0.2) is 9.78 Å². The standard InChI is InChI=1S/C40H36N6O4/c1-49-40(48)31-14-12-13-30(29-25-36(33-16-5-9-21-42-33)46-37(26-29)34-17-6-10-22-43-34)38(31)50-24-11-3-2-7-23-44-39(47)28-18-19-35(45-27-28)32-15-4-8-20-41-32/h4-6,8-10,12-22,25-27H,2-3,7,11,23-24H2,1H3,(H,44,47). The summed E-state index contributed by atoms with van der Waals surface area (Å²) in [7, 11) is 1.36. The third kappa shape index (κ3) is 8.40. The van der Waals surface area contributed by atoms with Crippen molar-refractivity contribution in [3.05, 3.63) is 133 Å². The summed E-state index contributed by atoms with van der Waals surface area (Å²) in [6, 6.07) is 29.9. The van der Waals surface area contributed by atoms with Crippen LogP contribution in [0, 0.1) is 0 Å². The van der Waals surface area contributed by atoms with Crippen molar-refractivity contribution in [3.63, 3.8) is 0 Å². The largest absolute Gasteiger partial charge is 0.492 e. The molecule has 50 heavy (non-hydrogen) atoms. The van der Waals surface area contributed by atoms with E-state index in [4.69, 9.17) is 14.5 Å². The summed E-state index contributed by atoms with van der Waals surface area (Å²) in [4.78, 5) is 48.0. The van der Waals surface area contributed by atoms with Gasteiger partial charge in [-0.1, -0.05) is 43.2 Å². The van der Waals surface area contributed by atoms with Gasteiger partial charge >= 0.3 is 5.97 Å². The summed E-state index contributed by atoms with van der Waals surface area (Å²) in [6.45, 7) is 0.948. The van der Waals surface area contributed by atoms with E-state index in [2.05, 4.69) is 25.3 Å². The molecule has 0 aliphatic carbocycles. The smallest absolute Gasteiger partial charge is 0.341 e. The van der Waals surface area contributed by atoms with Gasteiger partial charge in [0.05, 0.1) is 53.4 Å². The monoisotopic (exact) mass is 664 g/mol. The highest BCUT2D eigenvalue weighted by Gasteiger charge is 2.20. The predicted molar refractivity (Wildman–Crippen MR) is 191 cm³/mol. The van der Waals surface area contributed by atoms with E-state index in [1.54, 1.807) is 43.0 Å². The van der Waals surface area contributed by atoms with Crippen LogP contribution in [0.25, 0.3) is 45.3 Å². The minimum Gasteiger partial charge on any atom is -0.492 e. The summed E-state index contributed by atoms with van der Waals surface area (Å²) in [5.41, 5.74) is 6.62. The number of aromatic nitrogens is 5. The van der Waals surface area contributed by atoms with Crippen molar-refractivity contribution in [1.29, 1.82) is 0 Å². The number of ether oxygens (including phenoxy) is 2. The molecule has 0 unspecified atom stereocenters. The lowest BCUT2D eigenvalue weighted by molar-refractivity contribution is 0.0595. The number of carbonyl (C=O) groups excluding carboxylic acids is 2. The Hall–Kier alpha value is -6.29. The highest BCUT2D eigenvalue weighted by atomic mass is 16.5.